The van der Waals surface area contributed by atoms with E-state index in [1.165, 1.54) is 77.3 Å². The predicted octanol–water partition coefficient (Wildman–Crippen LogP) is 11.6. The van der Waals surface area contributed by atoms with Gasteiger partial charge in [-0.2, -0.15) is 16.8 Å². The van der Waals surface area contributed by atoms with E-state index in [1.54, 1.807) is 91.0 Å². The van der Waals surface area contributed by atoms with E-state index < -0.39 is 32.2 Å². The largest absolute Gasteiger partial charge is 0.478 e. The zero-order valence-corrected chi connectivity index (χ0v) is 47.0. The Kier molecular flexibility index (Phi) is 19.2. The van der Waals surface area contributed by atoms with Gasteiger partial charge in [0.05, 0.1) is 16.7 Å². The molecule has 0 spiro atoms. The summed E-state index contributed by atoms with van der Waals surface area (Å²) in [7, 11) is -7.91. The van der Waals surface area contributed by atoms with Gasteiger partial charge in [0, 0.05) is 56.2 Å². The number of amides is 1. The summed E-state index contributed by atoms with van der Waals surface area (Å²) in [6, 6.07) is 34.0. The summed E-state index contributed by atoms with van der Waals surface area (Å²) in [4.78, 5) is 34.9. The number of rotatable bonds is 14. The van der Waals surface area contributed by atoms with Crippen LogP contribution >= 0.6 is 22.7 Å². The number of carbonyl (C=O) groups excluding carboxylic acids is 1. The van der Waals surface area contributed by atoms with Crippen LogP contribution in [0.15, 0.2) is 148 Å². The number of aliphatic hydroxyl groups excluding tert-OH is 2. The summed E-state index contributed by atoms with van der Waals surface area (Å²) in [6.07, 6.45) is 6.30. The van der Waals surface area contributed by atoms with Crippen molar-refractivity contribution in [1.82, 2.24) is 5.32 Å². The third kappa shape index (κ3) is 13.4. The van der Waals surface area contributed by atoms with E-state index in [-0.39, 0.29) is 64.2 Å². The Hall–Kier alpha value is -6.19. The van der Waals surface area contributed by atoms with Crippen molar-refractivity contribution in [1.29, 1.82) is 0 Å². The van der Waals surface area contributed by atoms with Crippen LogP contribution in [-0.2, 0) is 20.2 Å². The molecule has 19 heteroatoms. The lowest BCUT2D eigenvalue weighted by atomic mass is 9.44. The van der Waals surface area contributed by atoms with Gasteiger partial charge in [-0.15, -0.1) is 22.7 Å². The fourth-order valence-electron chi connectivity index (χ4n) is 11.8. The SMILES string of the molecule is C.CC1(C)[C@H]2C[C@H](CCO)[C@@H](N)[C@@H]1C2.CC1(C)[C@H]2C[C@H](CCO)[C@@H](NC(=O)c3csc4ccc(OS(=O)(=O)c5ccccc5)cc34)[C@@H]1C2.O=C(O)c1ccccc1.O=C(O)c1csc2ccc(OS(=O)(=O)c3ccccc3)cc12. The molecule has 15 nitrogen and oxygen atoms in total. The summed E-state index contributed by atoms with van der Waals surface area (Å²) >= 11 is 2.72. The molecular formula is C60H70N2O13S4. The first kappa shape index (κ1) is 60.5. The molecule has 4 bridgehead atoms. The molecule has 6 aliphatic rings. The topological polar surface area (TPSA) is 257 Å². The van der Waals surface area contributed by atoms with Crippen LogP contribution in [0, 0.1) is 46.3 Å². The van der Waals surface area contributed by atoms with Gasteiger partial charge in [-0.1, -0.05) is 89.7 Å². The number of nitrogens with one attached hydrogen (secondary N) is 1. The van der Waals surface area contributed by atoms with Crippen LogP contribution in [0.1, 0.15) is 105 Å². The standard InChI is InChI=1S/C26H29NO5S2.C15H10O5S2.C11H21NO.C7H6O2.CH4/c1-26(2)17-12-16(10-11-28)24(22(26)13-17)27-25(29)21-15-33-23-9-8-18(14-20(21)23)32-34(30,31)19-6-4-3-5-7-19;16-15(17)13-9-21-14-7-6-10(8-12(13)14)20-22(18,19)11-4-2-1-3-5-11;1-11(2)8-5-7(3-4-13)10(12)9(11)6-8;8-7(9)6-4-2-1-3-5-6;/h3-9,14-17,22,24,28H,10-13H2,1-2H3,(H,27,29);1-9H,(H,16,17);7-10,13H,3-6,12H2,1-2H3;1-5H,(H,8,9);1H4/t16-,17-,22-,24+;;7-,8-,9-,10+;;/m0.0../s1. The second-order valence-corrected chi connectivity index (χ2v) is 26.5. The first-order valence-corrected chi connectivity index (χ1v) is 30.4. The fraction of sp³-hybridized carbons (Fsp3) is 0.383. The fourth-order valence-corrected chi connectivity index (χ4v) is 15.5. The predicted molar refractivity (Wildman–Crippen MR) is 309 cm³/mol. The molecule has 13 rings (SSSR count). The highest BCUT2D eigenvalue weighted by molar-refractivity contribution is 7.87. The van der Waals surface area contributed by atoms with Crippen molar-refractivity contribution in [2.24, 2.45) is 52.1 Å². The van der Waals surface area contributed by atoms with E-state index >= 15 is 0 Å². The van der Waals surface area contributed by atoms with E-state index in [1.807, 2.05) is 5.38 Å². The van der Waals surface area contributed by atoms with Crippen molar-refractivity contribution in [2.45, 2.75) is 95.5 Å². The maximum absolute atomic E-state index is 13.4. The summed E-state index contributed by atoms with van der Waals surface area (Å²) in [5.41, 5.74) is 7.85. The van der Waals surface area contributed by atoms with Gasteiger partial charge in [0.15, 0.2) is 0 Å². The molecule has 8 atom stereocenters. The normalized spacial score (nSPS) is 22.9. The van der Waals surface area contributed by atoms with E-state index in [0.717, 1.165) is 34.6 Å². The molecule has 5 aromatic carbocycles. The Bertz CT molecular complexity index is 3460. The van der Waals surface area contributed by atoms with Crippen molar-refractivity contribution in [2.75, 3.05) is 13.2 Å². The molecule has 2 aromatic heterocycles. The van der Waals surface area contributed by atoms with Gasteiger partial charge < -0.3 is 39.8 Å². The number of carbonyl (C=O) groups is 3. The van der Waals surface area contributed by atoms with Crippen molar-refractivity contribution < 1.29 is 60.0 Å². The minimum Gasteiger partial charge on any atom is -0.478 e. The number of hydrogen-bond acceptors (Lipinski definition) is 14. The van der Waals surface area contributed by atoms with Gasteiger partial charge in [-0.25, -0.2) is 9.59 Å². The van der Waals surface area contributed by atoms with Gasteiger partial charge in [-0.3, -0.25) is 4.79 Å². The molecule has 0 saturated heterocycles. The van der Waals surface area contributed by atoms with E-state index in [4.69, 9.17) is 29.4 Å². The van der Waals surface area contributed by atoms with Crippen molar-refractivity contribution in [3.05, 3.63) is 155 Å². The molecule has 2 heterocycles. The molecule has 6 fully saturated rings. The number of carboxylic acid groups (broad SMARTS) is 2. The summed E-state index contributed by atoms with van der Waals surface area (Å²) in [5, 5.41) is 43.7. The molecule has 0 aliphatic heterocycles. The lowest BCUT2D eigenvalue weighted by Gasteiger charge is -2.62. The maximum atomic E-state index is 13.4. The Morgan fingerprint density at radius 2 is 1.03 bits per heavy atom. The van der Waals surface area contributed by atoms with Gasteiger partial charge in [-0.05, 0) is 158 Å². The quantitative estimate of drug-likeness (QED) is 0.0554. The molecule has 6 saturated carbocycles. The number of nitrogens with two attached hydrogens (primary N) is 1. The first-order chi connectivity index (χ1) is 37.0. The zero-order valence-electron chi connectivity index (χ0n) is 43.7. The number of aromatic carboxylic acids is 2. The molecule has 7 N–H and O–H groups in total. The lowest BCUT2D eigenvalue weighted by molar-refractivity contribution is -0.114. The Balaban J connectivity index is 0.000000171. The third-order valence-electron chi connectivity index (χ3n) is 16.6. The molecule has 1 amide bonds. The maximum Gasteiger partial charge on any atom is 0.339 e. The Morgan fingerprint density at radius 3 is 1.46 bits per heavy atom. The van der Waals surface area contributed by atoms with Crippen LogP contribution in [0.4, 0.5) is 0 Å². The van der Waals surface area contributed by atoms with Crippen molar-refractivity contribution >= 4 is 80.9 Å². The number of benzene rings is 5. The number of aliphatic hydroxyl groups is 2. The van der Waals surface area contributed by atoms with Gasteiger partial charge in [0.25, 0.3) is 5.91 Å². The van der Waals surface area contributed by atoms with Gasteiger partial charge in [0.2, 0.25) is 0 Å². The molecule has 6 aliphatic carbocycles. The van der Waals surface area contributed by atoms with Crippen LogP contribution in [0.2, 0.25) is 0 Å². The molecule has 7 aromatic rings. The number of hydrogen-bond donors (Lipinski definition) is 6. The Labute approximate surface area is 470 Å². The number of thiophene rings is 2. The average Bonchev–Trinajstić information content (AvgIpc) is 4.23. The highest BCUT2D eigenvalue weighted by atomic mass is 32.2. The van der Waals surface area contributed by atoms with Crippen LogP contribution in [0.25, 0.3) is 20.2 Å². The number of fused-ring (bicyclic) bond motifs is 6. The van der Waals surface area contributed by atoms with Crippen LogP contribution in [-0.4, -0.2) is 80.4 Å². The van der Waals surface area contributed by atoms with Gasteiger partial charge >= 0.3 is 32.2 Å². The molecular weight excluding hydrogens is 1080 g/mol. The van der Waals surface area contributed by atoms with Crippen LogP contribution < -0.4 is 19.4 Å². The van der Waals surface area contributed by atoms with Crippen LogP contribution in [0.3, 0.4) is 0 Å². The zero-order chi connectivity index (χ0) is 56.2. The molecule has 0 radical (unpaired) electrons. The highest BCUT2D eigenvalue weighted by Gasteiger charge is 2.58. The summed E-state index contributed by atoms with van der Waals surface area (Å²) in [5.74, 6) is 1.62. The lowest BCUT2D eigenvalue weighted by Crippen LogP contribution is -2.63. The first-order valence-electron chi connectivity index (χ1n) is 25.9. The molecule has 79 heavy (non-hydrogen) atoms. The monoisotopic (exact) mass is 1150 g/mol. The minimum atomic E-state index is -3.97. The highest BCUT2D eigenvalue weighted by Crippen LogP contribution is 2.62. The van der Waals surface area contributed by atoms with E-state index in [0.29, 0.717) is 70.1 Å². The minimum absolute atomic E-state index is 0. The van der Waals surface area contributed by atoms with Crippen molar-refractivity contribution in [3.8, 4) is 11.5 Å². The summed E-state index contributed by atoms with van der Waals surface area (Å²) < 4.78 is 61.7. The smallest absolute Gasteiger partial charge is 0.339 e. The number of carboxylic acids is 2. The van der Waals surface area contributed by atoms with Crippen molar-refractivity contribution in [3.63, 3.8) is 0 Å². The van der Waals surface area contributed by atoms with E-state index in [9.17, 15) is 36.3 Å². The second kappa shape index (κ2) is 25.1. The van der Waals surface area contributed by atoms with E-state index in [2.05, 4.69) is 33.0 Å². The summed E-state index contributed by atoms with van der Waals surface area (Å²) in [6.45, 7) is 9.67. The van der Waals surface area contributed by atoms with Gasteiger partial charge in [0.1, 0.15) is 21.3 Å². The average molecular weight is 1160 g/mol. The molecule has 422 valence electrons. The molecule has 0 unspecified atom stereocenters. The third-order valence-corrected chi connectivity index (χ3v) is 21.0. The van der Waals surface area contributed by atoms with Crippen LogP contribution in [0.5, 0.6) is 11.5 Å². The second-order valence-electron chi connectivity index (χ2n) is 21.6. The Morgan fingerprint density at radius 1 is 0.595 bits per heavy atom.